The van der Waals surface area contributed by atoms with E-state index in [1.165, 1.54) is 49.0 Å². The molecule has 36 heavy (non-hydrogen) atoms. The van der Waals surface area contributed by atoms with E-state index in [1.54, 1.807) is 0 Å². The molecular formula is C35H23N. The Morgan fingerprint density at radius 2 is 1.19 bits per heavy atom. The molecule has 0 atom stereocenters. The Kier molecular flexibility index (Phi) is 4.85. The van der Waals surface area contributed by atoms with Crippen LogP contribution in [0.3, 0.4) is 0 Å². The second-order valence-electron chi connectivity index (χ2n) is 9.23. The standard InChI is InChI=1S/C35H23N/c1-2-7-25(8-3-1)30-11-4-5-12-32(30)33-23-24(21-22-36-33)13-14-26-15-16-29-18-17-27-9-6-10-28-19-20-31(26)35(29)34(27)28/h1-23H/b14-13+. The third-order valence-corrected chi connectivity index (χ3v) is 7.09. The number of benzene rings is 6. The number of rotatable bonds is 4. The van der Waals surface area contributed by atoms with Crippen molar-refractivity contribution in [2.24, 2.45) is 0 Å². The van der Waals surface area contributed by atoms with Gasteiger partial charge in [0.25, 0.3) is 0 Å². The van der Waals surface area contributed by atoms with E-state index in [9.17, 15) is 0 Å². The van der Waals surface area contributed by atoms with E-state index >= 15 is 0 Å². The third-order valence-electron chi connectivity index (χ3n) is 7.09. The third kappa shape index (κ3) is 3.45. The maximum absolute atomic E-state index is 4.72. The molecule has 0 radical (unpaired) electrons. The fraction of sp³-hybridized carbons (Fsp3) is 0. The molecule has 1 heteroatoms. The lowest BCUT2D eigenvalue weighted by Gasteiger charge is -2.12. The first-order valence-electron chi connectivity index (χ1n) is 12.3. The zero-order chi connectivity index (χ0) is 23.9. The van der Waals surface area contributed by atoms with Gasteiger partial charge in [0.1, 0.15) is 0 Å². The van der Waals surface area contributed by atoms with Gasteiger partial charge < -0.3 is 0 Å². The van der Waals surface area contributed by atoms with Crippen LogP contribution in [0.4, 0.5) is 0 Å². The summed E-state index contributed by atoms with van der Waals surface area (Å²) in [6.45, 7) is 0. The fourth-order valence-corrected chi connectivity index (χ4v) is 5.36. The molecule has 0 saturated heterocycles. The van der Waals surface area contributed by atoms with Gasteiger partial charge in [-0.2, -0.15) is 0 Å². The SMILES string of the molecule is C(=C\c1ccc2ccc3cccc4ccc1c2c34)/c1ccnc(-c2ccccc2-c2ccccc2)c1. The summed E-state index contributed by atoms with van der Waals surface area (Å²) < 4.78 is 0. The van der Waals surface area contributed by atoms with Crippen molar-refractivity contribution in [3.8, 4) is 22.4 Å². The van der Waals surface area contributed by atoms with Crippen molar-refractivity contribution in [3.05, 3.63) is 139 Å². The molecule has 1 heterocycles. The van der Waals surface area contributed by atoms with Crippen molar-refractivity contribution in [3.63, 3.8) is 0 Å². The molecular weight excluding hydrogens is 434 g/mol. The smallest absolute Gasteiger partial charge is 0.0714 e. The van der Waals surface area contributed by atoms with Crippen LogP contribution in [-0.2, 0) is 0 Å². The Labute approximate surface area is 210 Å². The normalized spacial score (nSPS) is 11.8. The van der Waals surface area contributed by atoms with E-state index in [1.807, 2.05) is 6.20 Å². The summed E-state index contributed by atoms with van der Waals surface area (Å²) >= 11 is 0. The van der Waals surface area contributed by atoms with Gasteiger partial charge in [0.2, 0.25) is 0 Å². The summed E-state index contributed by atoms with van der Waals surface area (Å²) in [7, 11) is 0. The molecule has 0 spiro atoms. The number of pyridine rings is 1. The Hall–Kier alpha value is -4.75. The fourth-order valence-electron chi connectivity index (χ4n) is 5.36. The molecule has 168 valence electrons. The lowest BCUT2D eigenvalue weighted by Crippen LogP contribution is -1.89. The summed E-state index contributed by atoms with van der Waals surface area (Å²) in [6.07, 6.45) is 6.33. The average Bonchev–Trinajstić information content (AvgIpc) is 2.96. The van der Waals surface area contributed by atoms with E-state index in [0.717, 1.165) is 16.8 Å². The Morgan fingerprint density at radius 3 is 2.03 bits per heavy atom. The van der Waals surface area contributed by atoms with Crippen LogP contribution in [0.5, 0.6) is 0 Å². The molecule has 0 amide bonds. The predicted octanol–water partition coefficient (Wildman–Crippen LogP) is 9.48. The molecule has 1 nitrogen and oxygen atoms in total. The summed E-state index contributed by atoms with van der Waals surface area (Å²) in [4.78, 5) is 4.72. The van der Waals surface area contributed by atoms with Gasteiger partial charge in [-0.05, 0) is 66.7 Å². The van der Waals surface area contributed by atoms with Gasteiger partial charge in [0.05, 0.1) is 5.69 Å². The number of hydrogen-bond acceptors (Lipinski definition) is 1. The highest BCUT2D eigenvalue weighted by atomic mass is 14.7. The van der Waals surface area contributed by atoms with Crippen molar-refractivity contribution in [2.45, 2.75) is 0 Å². The number of nitrogens with zero attached hydrogens (tertiary/aromatic N) is 1. The molecule has 0 aliphatic heterocycles. The van der Waals surface area contributed by atoms with Crippen LogP contribution in [0.1, 0.15) is 11.1 Å². The minimum atomic E-state index is 0.979. The maximum atomic E-state index is 4.72. The topological polar surface area (TPSA) is 12.9 Å². The molecule has 0 aliphatic rings. The average molecular weight is 458 g/mol. The minimum Gasteiger partial charge on any atom is -0.256 e. The van der Waals surface area contributed by atoms with Crippen molar-refractivity contribution < 1.29 is 0 Å². The first-order valence-corrected chi connectivity index (χ1v) is 12.3. The largest absolute Gasteiger partial charge is 0.256 e. The van der Waals surface area contributed by atoms with Crippen LogP contribution >= 0.6 is 0 Å². The zero-order valence-electron chi connectivity index (χ0n) is 19.7. The van der Waals surface area contributed by atoms with Crippen LogP contribution in [0, 0.1) is 0 Å². The molecule has 0 fully saturated rings. The Bertz CT molecular complexity index is 1860. The molecule has 7 rings (SSSR count). The van der Waals surface area contributed by atoms with Gasteiger partial charge in [-0.15, -0.1) is 0 Å². The van der Waals surface area contributed by atoms with Crippen LogP contribution in [0.25, 0.3) is 66.9 Å². The van der Waals surface area contributed by atoms with Crippen molar-refractivity contribution in [2.75, 3.05) is 0 Å². The van der Waals surface area contributed by atoms with Crippen LogP contribution in [0.15, 0.2) is 128 Å². The van der Waals surface area contributed by atoms with Gasteiger partial charge in [-0.25, -0.2) is 0 Å². The molecule has 7 aromatic rings. The predicted molar refractivity (Wildman–Crippen MR) is 154 cm³/mol. The highest BCUT2D eigenvalue weighted by molar-refractivity contribution is 6.24. The van der Waals surface area contributed by atoms with Gasteiger partial charge in [0, 0.05) is 11.8 Å². The highest BCUT2D eigenvalue weighted by Crippen LogP contribution is 2.36. The van der Waals surface area contributed by atoms with Crippen molar-refractivity contribution in [1.29, 1.82) is 0 Å². The van der Waals surface area contributed by atoms with Gasteiger partial charge in [-0.3, -0.25) is 4.98 Å². The molecule has 0 N–H and O–H groups in total. The lowest BCUT2D eigenvalue weighted by molar-refractivity contribution is 1.32. The Morgan fingerprint density at radius 1 is 0.500 bits per heavy atom. The van der Waals surface area contributed by atoms with Crippen LogP contribution in [-0.4, -0.2) is 4.98 Å². The van der Waals surface area contributed by atoms with E-state index in [-0.39, 0.29) is 0 Å². The quantitative estimate of drug-likeness (QED) is 0.240. The zero-order valence-corrected chi connectivity index (χ0v) is 19.7. The maximum Gasteiger partial charge on any atom is 0.0714 e. The van der Waals surface area contributed by atoms with Crippen LogP contribution < -0.4 is 0 Å². The molecule has 0 saturated carbocycles. The molecule has 1 aromatic heterocycles. The van der Waals surface area contributed by atoms with E-state index < -0.39 is 0 Å². The van der Waals surface area contributed by atoms with E-state index in [2.05, 4.69) is 133 Å². The van der Waals surface area contributed by atoms with Crippen LogP contribution in [0.2, 0.25) is 0 Å². The highest BCUT2D eigenvalue weighted by Gasteiger charge is 2.10. The second kappa shape index (κ2) is 8.48. The lowest BCUT2D eigenvalue weighted by atomic mass is 9.92. The monoisotopic (exact) mass is 457 g/mol. The minimum absolute atomic E-state index is 0.979. The summed E-state index contributed by atoms with van der Waals surface area (Å²) in [6, 6.07) is 43.2. The number of hydrogen-bond donors (Lipinski definition) is 0. The summed E-state index contributed by atoms with van der Waals surface area (Å²) in [5, 5.41) is 7.86. The van der Waals surface area contributed by atoms with Gasteiger partial charge >= 0.3 is 0 Å². The molecule has 6 aromatic carbocycles. The van der Waals surface area contributed by atoms with E-state index in [4.69, 9.17) is 4.98 Å². The summed E-state index contributed by atoms with van der Waals surface area (Å²) in [5.41, 5.74) is 6.87. The van der Waals surface area contributed by atoms with Gasteiger partial charge in [-0.1, -0.05) is 121 Å². The van der Waals surface area contributed by atoms with Gasteiger partial charge in [0.15, 0.2) is 0 Å². The first-order chi connectivity index (χ1) is 17.8. The van der Waals surface area contributed by atoms with Crippen molar-refractivity contribution in [1.82, 2.24) is 4.98 Å². The van der Waals surface area contributed by atoms with E-state index in [0.29, 0.717) is 0 Å². The number of aromatic nitrogens is 1. The Balaban J connectivity index is 1.31. The van der Waals surface area contributed by atoms with Crippen molar-refractivity contribution >= 4 is 44.5 Å². The molecule has 0 unspecified atom stereocenters. The second-order valence-corrected chi connectivity index (χ2v) is 9.23. The molecule has 0 aliphatic carbocycles. The molecule has 0 bridgehead atoms. The first kappa shape index (κ1) is 20.6. The summed E-state index contributed by atoms with van der Waals surface area (Å²) in [5.74, 6) is 0.